The van der Waals surface area contributed by atoms with Crippen LogP contribution in [0.2, 0.25) is 0 Å². The molecule has 3 rings (SSSR count). The van der Waals surface area contributed by atoms with Crippen LogP contribution >= 0.6 is 0 Å². The monoisotopic (exact) mass is 248 g/mol. The SMILES string of the molecule is CC(C)C1NC(c2cn3c(n2)CCC3)CNC1=O. The predicted octanol–water partition coefficient (Wildman–Crippen LogP) is 0.614. The van der Waals surface area contributed by atoms with E-state index in [0.717, 1.165) is 18.7 Å². The maximum Gasteiger partial charge on any atom is 0.237 e. The Bertz CT molecular complexity index is 444. The van der Waals surface area contributed by atoms with Gasteiger partial charge in [0, 0.05) is 25.7 Å². The van der Waals surface area contributed by atoms with Gasteiger partial charge in [-0.25, -0.2) is 4.98 Å². The Morgan fingerprint density at radius 2 is 2.33 bits per heavy atom. The first-order valence-corrected chi connectivity index (χ1v) is 6.75. The number of hydrogen-bond acceptors (Lipinski definition) is 3. The highest BCUT2D eigenvalue weighted by atomic mass is 16.2. The summed E-state index contributed by atoms with van der Waals surface area (Å²) in [5.74, 6) is 1.58. The molecule has 0 bridgehead atoms. The highest BCUT2D eigenvalue weighted by molar-refractivity contribution is 5.82. The standard InChI is InChI=1S/C13H20N4O/c1-8(2)12-13(18)14-6-9(16-12)10-7-17-5-3-4-11(17)15-10/h7-9,12,16H,3-6H2,1-2H3,(H,14,18). The number of hydrogen-bond donors (Lipinski definition) is 2. The topological polar surface area (TPSA) is 59.0 Å². The van der Waals surface area contributed by atoms with E-state index in [0.29, 0.717) is 12.5 Å². The van der Waals surface area contributed by atoms with Gasteiger partial charge in [0.25, 0.3) is 0 Å². The van der Waals surface area contributed by atoms with E-state index in [4.69, 9.17) is 0 Å². The van der Waals surface area contributed by atoms with Crippen molar-refractivity contribution in [3.63, 3.8) is 0 Å². The number of rotatable bonds is 2. The Morgan fingerprint density at radius 1 is 1.50 bits per heavy atom. The minimum atomic E-state index is -0.111. The maximum absolute atomic E-state index is 11.8. The van der Waals surface area contributed by atoms with Gasteiger partial charge in [-0.3, -0.25) is 10.1 Å². The molecular weight excluding hydrogens is 228 g/mol. The number of aryl methyl sites for hydroxylation is 2. The van der Waals surface area contributed by atoms with Crippen LogP contribution in [-0.4, -0.2) is 28.0 Å². The molecule has 0 spiro atoms. The minimum Gasteiger partial charge on any atom is -0.353 e. The second-order valence-corrected chi connectivity index (χ2v) is 5.57. The van der Waals surface area contributed by atoms with Gasteiger partial charge in [-0.2, -0.15) is 0 Å². The fourth-order valence-corrected chi connectivity index (χ4v) is 2.79. The molecule has 1 fully saturated rings. The van der Waals surface area contributed by atoms with Crippen molar-refractivity contribution in [1.29, 1.82) is 0 Å². The molecule has 1 saturated heterocycles. The molecule has 98 valence electrons. The van der Waals surface area contributed by atoms with Crippen LogP contribution in [0.5, 0.6) is 0 Å². The largest absolute Gasteiger partial charge is 0.353 e. The second kappa shape index (κ2) is 4.39. The summed E-state index contributed by atoms with van der Waals surface area (Å²) >= 11 is 0. The third-order valence-corrected chi connectivity index (χ3v) is 3.84. The molecule has 18 heavy (non-hydrogen) atoms. The zero-order valence-electron chi connectivity index (χ0n) is 10.9. The maximum atomic E-state index is 11.8. The first-order chi connectivity index (χ1) is 8.65. The lowest BCUT2D eigenvalue weighted by Gasteiger charge is -2.32. The van der Waals surface area contributed by atoms with E-state index < -0.39 is 0 Å². The fourth-order valence-electron chi connectivity index (χ4n) is 2.79. The third-order valence-electron chi connectivity index (χ3n) is 3.84. The van der Waals surface area contributed by atoms with Crippen LogP contribution in [-0.2, 0) is 17.8 Å². The van der Waals surface area contributed by atoms with Gasteiger partial charge in [0.2, 0.25) is 5.91 Å². The van der Waals surface area contributed by atoms with Crippen LogP contribution in [0.25, 0.3) is 0 Å². The molecule has 0 saturated carbocycles. The van der Waals surface area contributed by atoms with Gasteiger partial charge in [-0.1, -0.05) is 13.8 Å². The molecule has 0 aliphatic carbocycles. The lowest BCUT2D eigenvalue weighted by atomic mass is 9.99. The van der Waals surface area contributed by atoms with Crippen molar-refractivity contribution in [3.8, 4) is 0 Å². The molecule has 2 N–H and O–H groups in total. The van der Waals surface area contributed by atoms with E-state index in [9.17, 15) is 4.79 Å². The number of imidazole rings is 1. The molecule has 0 radical (unpaired) electrons. The van der Waals surface area contributed by atoms with Gasteiger partial charge in [0.1, 0.15) is 5.82 Å². The summed E-state index contributed by atoms with van der Waals surface area (Å²) < 4.78 is 2.23. The minimum absolute atomic E-state index is 0.105. The zero-order chi connectivity index (χ0) is 12.7. The molecule has 5 heteroatoms. The summed E-state index contributed by atoms with van der Waals surface area (Å²) in [6.07, 6.45) is 4.41. The van der Waals surface area contributed by atoms with Gasteiger partial charge in [-0.15, -0.1) is 0 Å². The average Bonchev–Trinajstić information content (AvgIpc) is 2.89. The number of nitrogens with one attached hydrogen (secondary N) is 2. The number of nitrogens with zero attached hydrogens (tertiary/aromatic N) is 2. The Morgan fingerprint density at radius 3 is 3.06 bits per heavy atom. The summed E-state index contributed by atoms with van der Waals surface area (Å²) in [7, 11) is 0. The molecule has 1 aromatic rings. The summed E-state index contributed by atoms with van der Waals surface area (Å²) in [4.78, 5) is 16.4. The Kier molecular flexibility index (Phi) is 2.86. The summed E-state index contributed by atoms with van der Waals surface area (Å²) in [6, 6.07) is 0.0356. The molecule has 2 aliphatic rings. The lowest BCUT2D eigenvalue weighted by Crippen LogP contribution is -2.56. The first-order valence-electron chi connectivity index (χ1n) is 6.75. The van der Waals surface area contributed by atoms with Crippen molar-refractivity contribution in [3.05, 3.63) is 17.7 Å². The van der Waals surface area contributed by atoms with Gasteiger partial charge >= 0.3 is 0 Å². The van der Waals surface area contributed by atoms with Crippen LogP contribution in [0.4, 0.5) is 0 Å². The molecule has 3 heterocycles. The molecule has 2 atom stereocenters. The molecule has 1 aromatic heterocycles. The van der Waals surface area contributed by atoms with Crippen molar-refractivity contribution >= 4 is 5.91 Å². The first kappa shape index (κ1) is 11.7. The summed E-state index contributed by atoms with van der Waals surface area (Å²) in [6.45, 7) is 5.84. The molecule has 2 aliphatic heterocycles. The van der Waals surface area contributed by atoms with Crippen LogP contribution in [0.15, 0.2) is 6.20 Å². The van der Waals surface area contributed by atoms with Crippen LogP contribution in [0.1, 0.15) is 37.8 Å². The highest BCUT2D eigenvalue weighted by Crippen LogP contribution is 2.21. The smallest absolute Gasteiger partial charge is 0.237 e. The Balaban J connectivity index is 1.78. The van der Waals surface area contributed by atoms with E-state index in [1.54, 1.807) is 0 Å². The van der Waals surface area contributed by atoms with E-state index >= 15 is 0 Å². The third kappa shape index (κ3) is 1.92. The van der Waals surface area contributed by atoms with Crippen molar-refractivity contribution in [1.82, 2.24) is 20.2 Å². The number of carbonyl (C=O) groups is 1. The number of carbonyl (C=O) groups excluding carboxylic acids is 1. The van der Waals surface area contributed by atoms with Crippen molar-refractivity contribution < 1.29 is 4.79 Å². The summed E-state index contributed by atoms with van der Waals surface area (Å²) in [5.41, 5.74) is 1.07. The predicted molar refractivity (Wildman–Crippen MR) is 68.1 cm³/mol. The normalized spacial score (nSPS) is 27.4. The number of amides is 1. The van der Waals surface area contributed by atoms with E-state index in [1.165, 1.54) is 12.2 Å². The average molecular weight is 248 g/mol. The number of fused-ring (bicyclic) bond motifs is 1. The van der Waals surface area contributed by atoms with Gasteiger partial charge in [0.15, 0.2) is 0 Å². The van der Waals surface area contributed by atoms with Crippen LogP contribution in [0, 0.1) is 5.92 Å². The lowest BCUT2D eigenvalue weighted by molar-refractivity contribution is -0.126. The van der Waals surface area contributed by atoms with Gasteiger partial charge in [-0.05, 0) is 12.3 Å². The van der Waals surface area contributed by atoms with Crippen LogP contribution < -0.4 is 10.6 Å². The van der Waals surface area contributed by atoms with Crippen molar-refractivity contribution in [2.45, 2.75) is 45.3 Å². The number of piperazine rings is 1. The second-order valence-electron chi connectivity index (χ2n) is 5.57. The summed E-state index contributed by atoms with van der Waals surface area (Å²) in [5, 5.41) is 6.40. The van der Waals surface area contributed by atoms with Crippen LogP contribution in [0.3, 0.4) is 0 Å². The Hall–Kier alpha value is -1.36. The van der Waals surface area contributed by atoms with Gasteiger partial charge < -0.3 is 9.88 Å². The highest BCUT2D eigenvalue weighted by Gasteiger charge is 2.32. The molecule has 0 aromatic carbocycles. The molecule has 2 unspecified atom stereocenters. The van der Waals surface area contributed by atoms with Gasteiger partial charge in [0.05, 0.1) is 17.8 Å². The molecule has 5 nitrogen and oxygen atoms in total. The zero-order valence-corrected chi connectivity index (χ0v) is 10.9. The van der Waals surface area contributed by atoms with E-state index in [-0.39, 0.29) is 18.0 Å². The van der Waals surface area contributed by atoms with Crippen molar-refractivity contribution in [2.75, 3.05) is 6.54 Å². The quantitative estimate of drug-likeness (QED) is 0.806. The van der Waals surface area contributed by atoms with E-state index in [2.05, 4.69) is 40.2 Å². The fraction of sp³-hybridized carbons (Fsp3) is 0.692. The van der Waals surface area contributed by atoms with E-state index in [1.807, 2.05) is 0 Å². The Labute approximate surface area is 107 Å². The van der Waals surface area contributed by atoms with Crippen molar-refractivity contribution in [2.24, 2.45) is 5.92 Å². The molecule has 1 amide bonds. The molecular formula is C13H20N4O. The number of aromatic nitrogens is 2.